The molecule has 0 bridgehead atoms. The van der Waals surface area contributed by atoms with Gasteiger partial charge in [0.25, 0.3) is 0 Å². The van der Waals surface area contributed by atoms with Gasteiger partial charge < -0.3 is 4.74 Å². The molecule has 0 saturated carbocycles. The number of nitrogens with one attached hydrogen (secondary N) is 1. The first kappa shape index (κ1) is 10.9. The maximum absolute atomic E-state index is 11.4. The predicted octanol–water partition coefficient (Wildman–Crippen LogP) is 0.493. The summed E-state index contributed by atoms with van der Waals surface area (Å²) >= 11 is 0. The van der Waals surface area contributed by atoms with E-state index in [2.05, 4.69) is 4.72 Å². The van der Waals surface area contributed by atoms with Gasteiger partial charge in [-0.2, -0.15) is 0 Å². The van der Waals surface area contributed by atoms with E-state index < -0.39 is 10.0 Å². The van der Waals surface area contributed by atoms with Crippen molar-refractivity contribution in [1.82, 2.24) is 4.72 Å². The van der Waals surface area contributed by atoms with Gasteiger partial charge in [0.05, 0.1) is 11.9 Å². The Morgan fingerprint density at radius 3 is 2.69 bits per heavy atom. The minimum atomic E-state index is -3.14. The van der Waals surface area contributed by atoms with Crippen LogP contribution < -0.4 is 4.72 Å². The van der Waals surface area contributed by atoms with Gasteiger partial charge in [0.2, 0.25) is 10.0 Å². The molecule has 0 aromatic heterocycles. The normalized spacial score (nSPS) is 24.1. The summed E-state index contributed by atoms with van der Waals surface area (Å²) in [5, 5.41) is 0. The van der Waals surface area contributed by atoms with Crippen molar-refractivity contribution in [3.63, 3.8) is 0 Å². The third-order valence-corrected chi connectivity index (χ3v) is 3.49. The molecule has 0 radical (unpaired) electrons. The molecule has 0 spiro atoms. The van der Waals surface area contributed by atoms with E-state index in [0.717, 1.165) is 12.8 Å². The largest absolute Gasteiger partial charge is 0.377 e. The fourth-order valence-corrected chi connectivity index (χ4v) is 2.99. The summed E-state index contributed by atoms with van der Waals surface area (Å²) in [5.74, 6) is 0.102. The molecule has 1 atom stereocenters. The molecule has 0 amide bonds. The van der Waals surface area contributed by atoms with Gasteiger partial charge in [0, 0.05) is 12.6 Å². The predicted molar refractivity (Wildman–Crippen MR) is 51.0 cm³/mol. The summed E-state index contributed by atoms with van der Waals surface area (Å²) in [7, 11) is -3.14. The molecule has 1 unspecified atom stereocenters. The molecule has 1 heterocycles. The van der Waals surface area contributed by atoms with E-state index in [1.807, 2.05) is 13.8 Å². The quantitative estimate of drug-likeness (QED) is 0.730. The average Bonchev–Trinajstić information content (AvgIpc) is 2.34. The van der Waals surface area contributed by atoms with Crippen LogP contribution in [0.15, 0.2) is 0 Å². The van der Waals surface area contributed by atoms with E-state index in [4.69, 9.17) is 4.74 Å². The molecule has 1 rings (SSSR count). The molecule has 1 aliphatic heterocycles. The SMILES string of the molecule is CC(C)NS(=O)(=O)CC1CCCO1. The molecule has 0 aromatic rings. The van der Waals surface area contributed by atoms with Crippen molar-refractivity contribution in [1.29, 1.82) is 0 Å². The van der Waals surface area contributed by atoms with E-state index in [1.54, 1.807) is 0 Å². The van der Waals surface area contributed by atoms with Crippen LogP contribution in [-0.2, 0) is 14.8 Å². The summed E-state index contributed by atoms with van der Waals surface area (Å²) in [5.41, 5.74) is 0. The number of rotatable bonds is 4. The Hall–Kier alpha value is -0.130. The van der Waals surface area contributed by atoms with Crippen molar-refractivity contribution in [3.05, 3.63) is 0 Å². The van der Waals surface area contributed by atoms with E-state index in [-0.39, 0.29) is 17.9 Å². The second-order valence-corrected chi connectivity index (χ2v) is 5.49. The van der Waals surface area contributed by atoms with Crippen molar-refractivity contribution in [2.75, 3.05) is 12.4 Å². The molecule has 0 aromatic carbocycles. The standard InChI is InChI=1S/C8H17NO3S/c1-7(2)9-13(10,11)6-8-4-3-5-12-8/h7-9H,3-6H2,1-2H3. The Balaban J connectivity index is 2.41. The van der Waals surface area contributed by atoms with Gasteiger partial charge >= 0.3 is 0 Å². The van der Waals surface area contributed by atoms with Crippen LogP contribution in [0.3, 0.4) is 0 Å². The lowest BCUT2D eigenvalue weighted by molar-refractivity contribution is 0.127. The van der Waals surface area contributed by atoms with E-state index in [1.165, 1.54) is 0 Å². The van der Waals surface area contributed by atoms with E-state index in [9.17, 15) is 8.42 Å². The lowest BCUT2D eigenvalue weighted by atomic mass is 10.3. The molecule has 13 heavy (non-hydrogen) atoms. The smallest absolute Gasteiger partial charge is 0.214 e. The van der Waals surface area contributed by atoms with Crippen LogP contribution in [0.4, 0.5) is 0 Å². The van der Waals surface area contributed by atoms with Gasteiger partial charge in [-0.15, -0.1) is 0 Å². The molecule has 1 saturated heterocycles. The van der Waals surface area contributed by atoms with Crippen LogP contribution in [-0.4, -0.2) is 32.9 Å². The third-order valence-electron chi connectivity index (χ3n) is 1.84. The topological polar surface area (TPSA) is 55.4 Å². The van der Waals surface area contributed by atoms with Gasteiger partial charge in [-0.1, -0.05) is 0 Å². The zero-order valence-electron chi connectivity index (χ0n) is 8.12. The van der Waals surface area contributed by atoms with Crippen molar-refractivity contribution < 1.29 is 13.2 Å². The fourth-order valence-electron chi connectivity index (χ4n) is 1.43. The van der Waals surface area contributed by atoms with Gasteiger partial charge in [-0.05, 0) is 26.7 Å². The Morgan fingerprint density at radius 2 is 2.23 bits per heavy atom. The Labute approximate surface area is 79.7 Å². The highest BCUT2D eigenvalue weighted by atomic mass is 32.2. The van der Waals surface area contributed by atoms with Crippen LogP contribution in [0.25, 0.3) is 0 Å². The molecular formula is C8H17NO3S. The number of hydrogen-bond donors (Lipinski definition) is 1. The highest BCUT2D eigenvalue weighted by Gasteiger charge is 2.23. The maximum Gasteiger partial charge on any atom is 0.214 e. The van der Waals surface area contributed by atoms with Crippen LogP contribution in [0, 0.1) is 0 Å². The minimum Gasteiger partial charge on any atom is -0.377 e. The molecule has 1 aliphatic rings. The molecule has 5 heteroatoms. The Morgan fingerprint density at radius 1 is 1.54 bits per heavy atom. The van der Waals surface area contributed by atoms with Gasteiger partial charge in [0.15, 0.2) is 0 Å². The molecule has 1 N–H and O–H groups in total. The Kier molecular flexibility index (Phi) is 3.70. The summed E-state index contributed by atoms with van der Waals surface area (Å²) < 4.78 is 30.6. The number of sulfonamides is 1. The van der Waals surface area contributed by atoms with Gasteiger partial charge in [0.1, 0.15) is 0 Å². The summed E-state index contributed by atoms with van der Waals surface area (Å²) in [6, 6.07) is -0.0357. The van der Waals surface area contributed by atoms with Crippen molar-refractivity contribution >= 4 is 10.0 Å². The van der Waals surface area contributed by atoms with E-state index >= 15 is 0 Å². The number of ether oxygens (including phenoxy) is 1. The molecule has 1 fully saturated rings. The number of hydrogen-bond acceptors (Lipinski definition) is 3. The highest BCUT2D eigenvalue weighted by Crippen LogP contribution is 2.13. The minimum absolute atomic E-state index is 0.0357. The zero-order chi connectivity index (χ0) is 9.90. The zero-order valence-corrected chi connectivity index (χ0v) is 8.93. The molecular weight excluding hydrogens is 190 g/mol. The monoisotopic (exact) mass is 207 g/mol. The molecule has 4 nitrogen and oxygen atoms in total. The second-order valence-electron chi connectivity index (χ2n) is 3.69. The van der Waals surface area contributed by atoms with Crippen LogP contribution >= 0.6 is 0 Å². The first-order valence-electron chi connectivity index (χ1n) is 4.61. The van der Waals surface area contributed by atoms with Crippen LogP contribution in [0.5, 0.6) is 0 Å². The maximum atomic E-state index is 11.4. The first-order valence-corrected chi connectivity index (χ1v) is 6.26. The van der Waals surface area contributed by atoms with Gasteiger partial charge in [-0.25, -0.2) is 13.1 Å². The summed E-state index contributed by atoms with van der Waals surface area (Å²) in [6.07, 6.45) is 1.73. The average molecular weight is 207 g/mol. The Bertz CT molecular complexity index is 242. The van der Waals surface area contributed by atoms with Crippen molar-refractivity contribution in [3.8, 4) is 0 Å². The first-order chi connectivity index (χ1) is 5.99. The van der Waals surface area contributed by atoms with E-state index in [0.29, 0.717) is 6.61 Å². The lowest BCUT2D eigenvalue weighted by Gasteiger charge is -2.12. The lowest BCUT2D eigenvalue weighted by Crippen LogP contribution is -2.36. The molecule has 78 valence electrons. The summed E-state index contributed by atoms with van der Waals surface area (Å²) in [4.78, 5) is 0. The van der Waals surface area contributed by atoms with Crippen molar-refractivity contribution in [2.45, 2.75) is 38.8 Å². The third kappa shape index (κ3) is 4.06. The molecule has 0 aliphatic carbocycles. The van der Waals surface area contributed by atoms with Gasteiger partial charge in [-0.3, -0.25) is 0 Å². The fraction of sp³-hybridized carbons (Fsp3) is 1.00. The second kappa shape index (κ2) is 4.39. The van der Waals surface area contributed by atoms with Crippen LogP contribution in [0.2, 0.25) is 0 Å². The van der Waals surface area contributed by atoms with Crippen molar-refractivity contribution in [2.24, 2.45) is 0 Å². The summed E-state index contributed by atoms with van der Waals surface area (Å²) in [6.45, 7) is 4.32. The van der Waals surface area contributed by atoms with Crippen LogP contribution in [0.1, 0.15) is 26.7 Å². The highest BCUT2D eigenvalue weighted by molar-refractivity contribution is 7.89.